The summed E-state index contributed by atoms with van der Waals surface area (Å²) >= 11 is 1.87. The maximum Gasteiger partial charge on any atom is 0.227 e. The van der Waals surface area contributed by atoms with Crippen molar-refractivity contribution in [2.75, 3.05) is 6.54 Å². The molecule has 0 aromatic carbocycles. The molecular weight excluding hydrogens is 246 g/mol. The molecule has 0 aliphatic heterocycles. The predicted octanol–water partition coefficient (Wildman–Crippen LogP) is 3.03. The molecule has 5 heteroatoms. The summed E-state index contributed by atoms with van der Waals surface area (Å²) in [6.07, 6.45) is 1.96. The van der Waals surface area contributed by atoms with Crippen molar-refractivity contribution >= 4 is 11.8 Å². The average Bonchev–Trinajstić information content (AvgIpc) is 2.72. The minimum absolute atomic E-state index is 0.134. The van der Waals surface area contributed by atoms with Crippen molar-refractivity contribution in [3.05, 3.63) is 11.7 Å². The molecule has 1 atom stereocenters. The van der Waals surface area contributed by atoms with E-state index >= 15 is 0 Å². The number of rotatable bonds is 7. The first-order valence-electron chi connectivity index (χ1n) is 6.59. The molecule has 1 aromatic rings. The van der Waals surface area contributed by atoms with E-state index in [9.17, 15) is 0 Å². The van der Waals surface area contributed by atoms with Gasteiger partial charge in [0.1, 0.15) is 0 Å². The molecule has 0 bridgehead atoms. The van der Waals surface area contributed by atoms with Crippen LogP contribution in [0.15, 0.2) is 4.52 Å². The number of nitrogens with zero attached hydrogens (tertiary/aromatic N) is 2. The molecule has 1 N–H and O–H groups in total. The van der Waals surface area contributed by atoms with Crippen LogP contribution in [0.25, 0.3) is 0 Å². The summed E-state index contributed by atoms with van der Waals surface area (Å²) in [6.45, 7) is 11.7. The van der Waals surface area contributed by atoms with Crippen molar-refractivity contribution < 1.29 is 4.52 Å². The molecule has 0 aliphatic carbocycles. The fraction of sp³-hybridized carbons (Fsp3) is 0.846. The lowest BCUT2D eigenvalue weighted by Crippen LogP contribution is -2.37. The van der Waals surface area contributed by atoms with E-state index in [1.54, 1.807) is 0 Å². The maximum atomic E-state index is 5.23. The molecule has 0 spiro atoms. The first-order valence-corrected chi connectivity index (χ1v) is 7.63. The first kappa shape index (κ1) is 15.5. The molecule has 1 heterocycles. The number of aromatic nitrogens is 2. The van der Waals surface area contributed by atoms with Gasteiger partial charge in [0.05, 0.1) is 5.75 Å². The van der Waals surface area contributed by atoms with Crippen LogP contribution in [0.3, 0.4) is 0 Å². The van der Waals surface area contributed by atoms with Crippen molar-refractivity contribution in [2.45, 2.75) is 64.0 Å². The SMILES string of the molecule is CCC(C)SCc1noc(CCNC(C)(C)C)n1. The van der Waals surface area contributed by atoms with Gasteiger partial charge in [-0.1, -0.05) is 19.0 Å². The standard InChI is InChI=1S/C13H25N3OS/c1-6-10(2)18-9-11-15-12(17-16-11)7-8-14-13(3,4)5/h10,14H,6-9H2,1-5H3. The molecule has 0 saturated carbocycles. The molecule has 104 valence electrons. The summed E-state index contributed by atoms with van der Waals surface area (Å²) in [5.74, 6) is 2.38. The third-order valence-corrected chi connectivity index (χ3v) is 3.90. The van der Waals surface area contributed by atoms with Crippen LogP contribution in [0.5, 0.6) is 0 Å². The molecule has 18 heavy (non-hydrogen) atoms. The Morgan fingerprint density at radius 1 is 1.39 bits per heavy atom. The fourth-order valence-electron chi connectivity index (χ4n) is 1.33. The molecule has 0 saturated heterocycles. The van der Waals surface area contributed by atoms with Crippen LogP contribution in [0.1, 0.15) is 52.8 Å². The zero-order valence-electron chi connectivity index (χ0n) is 12.1. The smallest absolute Gasteiger partial charge is 0.227 e. The Hall–Kier alpha value is -0.550. The third-order valence-electron chi connectivity index (χ3n) is 2.58. The quantitative estimate of drug-likeness (QED) is 0.826. The summed E-state index contributed by atoms with van der Waals surface area (Å²) < 4.78 is 5.23. The molecular formula is C13H25N3OS. The van der Waals surface area contributed by atoms with Crippen LogP contribution in [0.2, 0.25) is 0 Å². The van der Waals surface area contributed by atoms with E-state index < -0.39 is 0 Å². The minimum Gasteiger partial charge on any atom is -0.339 e. The van der Waals surface area contributed by atoms with E-state index in [0.717, 1.165) is 30.4 Å². The van der Waals surface area contributed by atoms with Crippen LogP contribution in [-0.2, 0) is 12.2 Å². The molecule has 1 aromatic heterocycles. The fourth-order valence-corrected chi connectivity index (χ4v) is 2.12. The van der Waals surface area contributed by atoms with E-state index in [0.29, 0.717) is 5.25 Å². The summed E-state index contributed by atoms with van der Waals surface area (Å²) in [5.41, 5.74) is 0.134. The Balaban J connectivity index is 2.30. The molecule has 0 aliphatic rings. The van der Waals surface area contributed by atoms with Gasteiger partial charge in [0, 0.05) is 23.8 Å². The van der Waals surface area contributed by atoms with Gasteiger partial charge >= 0.3 is 0 Å². The first-order chi connectivity index (χ1) is 8.40. The van der Waals surface area contributed by atoms with Gasteiger partial charge in [0.15, 0.2) is 5.82 Å². The molecule has 1 rings (SSSR count). The average molecular weight is 271 g/mol. The number of thioether (sulfide) groups is 1. The number of hydrogen-bond donors (Lipinski definition) is 1. The van der Waals surface area contributed by atoms with E-state index in [4.69, 9.17) is 4.52 Å². The Bertz CT molecular complexity index is 346. The molecule has 1 unspecified atom stereocenters. The Kier molecular flexibility index (Phi) is 6.15. The lowest BCUT2D eigenvalue weighted by molar-refractivity contribution is 0.359. The van der Waals surface area contributed by atoms with Crippen LogP contribution in [0.4, 0.5) is 0 Å². The van der Waals surface area contributed by atoms with Crippen molar-refractivity contribution in [3.8, 4) is 0 Å². The highest BCUT2D eigenvalue weighted by Gasteiger charge is 2.11. The van der Waals surface area contributed by atoms with Gasteiger partial charge in [-0.15, -0.1) is 0 Å². The van der Waals surface area contributed by atoms with Crippen molar-refractivity contribution in [1.29, 1.82) is 0 Å². The highest BCUT2D eigenvalue weighted by molar-refractivity contribution is 7.99. The summed E-state index contributed by atoms with van der Waals surface area (Å²) in [5, 5.41) is 8.06. The van der Waals surface area contributed by atoms with E-state index in [1.807, 2.05) is 11.8 Å². The lowest BCUT2D eigenvalue weighted by atomic mass is 10.1. The van der Waals surface area contributed by atoms with E-state index in [1.165, 1.54) is 6.42 Å². The minimum atomic E-state index is 0.134. The topological polar surface area (TPSA) is 51.0 Å². The molecule has 0 amide bonds. The van der Waals surface area contributed by atoms with Crippen LogP contribution in [-0.4, -0.2) is 27.5 Å². The highest BCUT2D eigenvalue weighted by atomic mass is 32.2. The second-order valence-corrected chi connectivity index (χ2v) is 6.99. The Morgan fingerprint density at radius 2 is 2.11 bits per heavy atom. The van der Waals surface area contributed by atoms with E-state index in [2.05, 4.69) is 50.1 Å². The van der Waals surface area contributed by atoms with Crippen LogP contribution in [0, 0.1) is 0 Å². The Morgan fingerprint density at radius 3 is 2.72 bits per heavy atom. The number of hydrogen-bond acceptors (Lipinski definition) is 5. The van der Waals surface area contributed by atoms with Gasteiger partial charge < -0.3 is 9.84 Å². The van der Waals surface area contributed by atoms with Gasteiger partial charge in [-0.3, -0.25) is 0 Å². The molecule has 4 nitrogen and oxygen atoms in total. The number of nitrogens with one attached hydrogen (secondary N) is 1. The van der Waals surface area contributed by atoms with Gasteiger partial charge in [-0.25, -0.2) is 0 Å². The van der Waals surface area contributed by atoms with Crippen molar-refractivity contribution in [2.24, 2.45) is 0 Å². The van der Waals surface area contributed by atoms with E-state index in [-0.39, 0.29) is 5.54 Å². The third kappa shape index (κ3) is 6.40. The zero-order chi connectivity index (χ0) is 13.6. The van der Waals surface area contributed by atoms with Gasteiger partial charge in [-0.05, 0) is 27.2 Å². The summed E-state index contributed by atoms with van der Waals surface area (Å²) in [7, 11) is 0. The second-order valence-electron chi connectivity index (χ2n) is 5.56. The normalized spacial score (nSPS) is 13.8. The van der Waals surface area contributed by atoms with Crippen LogP contribution >= 0.6 is 11.8 Å². The Labute approximate surface area is 114 Å². The largest absolute Gasteiger partial charge is 0.339 e. The summed E-state index contributed by atoms with van der Waals surface area (Å²) in [4.78, 5) is 4.40. The molecule has 0 radical (unpaired) electrons. The molecule has 0 fully saturated rings. The van der Waals surface area contributed by atoms with Gasteiger partial charge in [-0.2, -0.15) is 16.7 Å². The zero-order valence-corrected chi connectivity index (χ0v) is 12.9. The monoisotopic (exact) mass is 271 g/mol. The highest BCUT2D eigenvalue weighted by Crippen LogP contribution is 2.17. The maximum absolute atomic E-state index is 5.23. The van der Waals surface area contributed by atoms with Gasteiger partial charge in [0.25, 0.3) is 0 Å². The summed E-state index contributed by atoms with van der Waals surface area (Å²) in [6, 6.07) is 0. The van der Waals surface area contributed by atoms with Crippen LogP contribution < -0.4 is 5.32 Å². The van der Waals surface area contributed by atoms with Gasteiger partial charge in [0.2, 0.25) is 5.89 Å². The predicted molar refractivity (Wildman–Crippen MR) is 76.8 cm³/mol. The lowest BCUT2D eigenvalue weighted by Gasteiger charge is -2.19. The van der Waals surface area contributed by atoms with Crippen molar-refractivity contribution in [1.82, 2.24) is 15.5 Å². The van der Waals surface area contributed by atoms with Crippen molar-refractivity contribution in [3.63, 3.8) is 0 Å². The second kappa shape index (κ2) is 7.14.